The lowest BCUT2D eigenvalue weighted by Crippen LogP contribution is -2.38. The highest BCUT2D eigenvalue weighted by Gasteiger charge is 2.37. The Kier molecular flexibility index (Phi) is 3.54. The molecule has 0 saturated carbocycles. The largest absolute Gasteiger partial charge is 0.444 e. The minimum atomic E-state index is -1.34. The van der Waals surface area contributed by atoms with Crippen LogP contribution >= 0.6 is 0 Å². The van der Waals surface area contributed by atoms with E-state index < -0.39 is 18.0 Å². The van der Waals surface area contributed by atoms with Crippen LogP contribution in [0.3, 0.4) is 0 Å². The average molecular weight is 219 g/mol. The predicted molar refractivity (Wildman–Crippen MR) is 53.0 cm³/mol. The SMILES string of the molecule is CC(C)(C)OC(=O)N1C[C@@H](CO)C[C@@H]1F. The summed E-state index contributed by atoms with van der Waals surface area (Å²) >= 11 is 0. The minimum absolute atomic E-state index is 0.0975. The number of ether oxygens (including phenoxy) is 1. The first kappa shape index (κ1) is 12.2. The molecule has 0 radical (unpaired) electrons. The standard InChI is InChI=1S/C10H18FNO3/c1-10(2,3)15-9(14)12-5-7(6-13)4-8(12)11/h7-8,13H,4-6H2,1-3H3/t7-,8+/m0/s1. The molecule has 1 N–H and O–H groups in total. The van der Waals surface area contributed by atoms with Crippen molar-refractivity contribution in [2.24, 2.45) is 5.92 Å². The van der Waals surface area contributed by atoms with Crippen LogP contribution < -0.4 is 0 Å². The summed E-state index contributed by atoms with van der Waals surface area (Å²) in [6.45, 7) is 5.33. The molecule has 0 aromatic heterocycles. The van der Waals surface area contributed by atoms with Gasteiger partial charge in [-0.1, -0.05) is 0 Å². The highest BCUT2D eigenvalue weighted by atomic mass is 19.1. The zero-order valence-electron chi connectivity index (χ0n) is 9.36. The summed E-state index contributed by atoms with van der Waals surface area (Å²) in [6, 6.07) is 0. The van der Waals surface area contributed by atoms with Crippen LogP contribution in [0, 0.1) is 5.92 Å². The summed E-state index contributed by atoms with van der Waals surface area (Å²) in [4.78, 5) is 12.5. The molecule has 2 atom stereocenters. The van der Waals surface area contributed by atoms with Crippen molar-refractivity contribution in [3.05, 3.63) is 0 Å². The maximum Gasteiger partial charge on any atom is 0.412 e. The average Bonchev–Trinajstić information content (AvgIpc) is 2.43. The van der Waals surface area contributed by atoms with E-state index in [0.717, 1.165) is 4.90 Å². The molecule has 1 aliphatic heterocycles. The van der Waals surface area contributed by atoms with Gasteiger partial charge in [-0.25, -0.2) is 9.18 Å². The molecule has 1 fully saturated rings. The molecule has 0 aliphatic carbocycles. The Balaban J connectivity index is 2.54. The Morgan fingerprint density at radius 1 is 1.60 bits per heavy atom. The summed E-state index contributed by atoms with van der Waals surface area (Å²) < 4.78 is 18.4. The molecule has 1 saturated heterocycles. The van der Waals surface area contributed by atoms with Crippen LogP contribution in [0.25, 0.3) is 0 Å². The van der Waals surface area contributed by atoms with Gasteiger partial charge in [-0.15, -0.1) is 0 Å². The molecular formula is C10H18FNO3. The van der Waals surface area contributed by atoms with Crippen LogP contribution in [0.15, 0.2) is 0 Å². The number of aliphatic hydroxyl groups excluding tert-OH is 1. The van der Waals surface area contributed by atoms with Crippen LogP contribution in [0.4, 0.5) is 9.18 Å². The molecule has 88 valence electrons. The molecule has 1 amide bonds. The number of halogens is 1. The van der Waals surface area contributed by atoms with Crippen LogP contribution in [-0.2, 0) is 4.74 Å². The summed E-state index contributed by atoms with van der Waals surface area (Å²) in [5, 5.41) is 8.87. The van der Waals surface area contributed by atoms with Gasteiger partial charge >= 0.3 is 6.09 Å². The zero-order chi connectivity index (χ0) is 11.6. The number of nitrogens with zero attached hydrogens (tertiary/aromatic N) is 1. The first-order valence-electron chi connectivity index (χ1n) is 5.08. The van der Waals surface area contributed by atoms with Crippen LogP contribution in [0.5, 0.6) is 0 Å². The van der Waals surface area contributed by atoms with Crippen LogP contribution in [-0.4, -0.2) is 41.1 Å². The molecule has 1 rings (SSSR count). The molecule has 0 bridgehead atoms. The first-order valence-corrected chi connectivity index (χ1v) is 5.08. The van der Waals surface area contributed by atoms with E-state index in [9.17, 15) is 9.18 Å². The molecule has 5 heteroatoms. The third kappa shape index (κ3) is 3.34. The monoisotopic (exact) mass is 219 g/mol. The molecule has 0 aromatic carbocycles. The fraction of sp³-hybridized carbons (Fsp3) is 0.900. The van der Waals surface area contributed by atoms with Crippen molar-refractivity contribution in [3.63, 3.8) is 0 Å². The highest BCUT2D eigenvalue weighted by Crippen LogP contribution is 2.25. The molecular weight excluding hydrogens is 201 g/mol. The topological polar surface area (TPSA) is 49.8 Å². The Labute approximate surface area is 89.0 Å². The number of likely N-dealkylation sites (tertiary alicyclic amines) is 1. The second-order valence-electron chi connectivity index (χ2n) is 4.85. The second kappa shape index (κ2) is 4.35. The van der Waals surface area contributed by atoms with Gasteiger partial charge in [-0.3, -0.25) is 4.90 Å². The van der Waals surface area contributed by atoms with E-state index in [2.05, 4.69) is 0 Å². The molecule has 4 nitrogen and oxygen atoms in total. The van der Waals surface area contributed by atoms with Crippen molar-refractivity contribution in [3.8, 4) is 0 Å². The maximum atomic E-state index is 13.4. The lowest BCUT2D eigenvalue weighted by molar-refractivity contribution is 0.00840. The van der Waals surface area contributed by atoms with Crippen molar-refractivity contribution in [2.75, 3.05) is 13.2 Å². The number of carbonyl (C=O) groups is 1. The lowest BCUT2D eigenvalue weighted by atomic mass is 10.1. The summed E-state index contributed by atoms with van der Waals surface area (Å²) in [6.07, 6.45) is -1.79. The number of hydrogen-bond acceptors (Lipinski definition) is 3. The minimum Gasteiger partial charge on any atom is -0.444 e. The zero-order valence-corrected chi connectivity index (χ0v) is 9.36. The maximum absolute atomic E-state index is 13.4. The lowest BCUT2D eigenvalue weighted by Gasteiger charge is -2.25. The fourth-order valence-electron chi connectivity index (χ4n) is 1.51. The Hall–Kier alpha value is -0.840. The Morgan fingerprint density at radius 3 is 2.60 bits per heavy atom. The van der Waals surface area contributed by atoms with Gasteiger partial charge in [0.25, 0.3) is 0 Å². The number of aliphatic hydroxyl groups is 1. The van der Waals surface area contributed by atoms with Gasteiger partial charge in [-0.2, -0.15) is 0 Å². The number of rotatable bonds is 1. The summed E-state index contributed by atoms with van der Waals surface area (Å²) in [5.74, 6) is -0.174. The van der Waals surface area contributed by atoms with Gasteiger partial charge in [0.15, 0.2) is 6.30 Å². The normalized spacial score (nSPS) is 26.9. The van der Waals surface area contributed by atoms with Crippen LogP contribution in [0.2, 0.25) is 0 Å². The smallest absolute Gasteiger partial charge is 0.412 e. The van der Waals surface area contributed by atoms with Gasteiger partial charge in [0.2, 0.25) is 0 Å². The first-order chi connectivity index (χ1) is 6.83. The molecule has 0 unspecified atom stereocenters. The number of amides is 1. The van der Waals surface area contributed by atoms with E-state index in [1.807, 2.05) is 0 Å². The van der Waals surface area contributed by atoms with Crippen LogP contribution in [0.1, 0.15) is 27.2 Å². The summed E-state index contributed by atoms with van der Waals surface area (Å²) in [5.41, 5.74) is -0.617. The third-order valence-corrected chi connectivity index (χ3v) is 2.21. The quantitative estimate of drug-likeness (QED) is 0.680. The van der Waals surface area contributed by atoms with E-state index in [1.54, 1.807) is 20.8 Å². The molecule has 0 aromatic rings. The molecule has 15 heavy (non-hydrogen) atoms. The number of alkyl halides is 1. The number of carbonyl (C=O) groups excluding carboxylic acids is 1. The van der Waals surface area contributed by atoms with Crippen molar-refractivity contribution in [1.82, 2.24) is 4.90 Å². The van der Waals surface area contributed by atoms with E-state index in [0.29, 0.717) is 0 Å². The van der Waals surface area contributed by atoms with E-state index in [4.69, 9.17) is 9.84 Å². The van der Waals surface area contributed by atoms with Crippen molar-refractivity contribution >= 4 is 6.09 Å². The van der Waals surface area contributed by atoms with Gasteiger partial charge < -0.3 is 9.84 Å². The van der Waals surface area contributed by atoms with Gasteiger partial charge in [0.1, 0.15) is 5.60 Å². The third-order valence-electron chi connectivity index (χ3n) is 2.21. The van der Waals surface area contributed by atoms with Crippen molar-refractivity contribution in [1.29, 1.82) is 0 Å². The molecule has 0 spiro atoms. The van der Waals surface area contributed by atoms with E-state index in [-0.39, 0.29) is 25.5 Å². The molecule has 1 heterocycles. The number of hydrogen-bond donors (Lipinski definition) is 1. The van der Waals surface area contributed by atoms with Gasteiger partial charge in [-0.05, 0) is 20.8 Å². The van der Waals surface area contributed by atoms with Gasteiger partial charge in [0, 0.05) is 25.5 Å². The Bertz CT molecular complexity index is 239. The second-order valence-corrected chi connectivity index (χ2v) is 4.85. The highest BCUT2D eigenvalue weighted by molar-refractivity contribution is 5.68. The summed E-state index contributed by atoms with van der Waals surface area (Å²) in [7, 11) is 0. The van der Waals surface area contributed by atoms with E-state index in [1.165, 1.54) is 0 Å². The fourth-order valence-corrected chi connectivity index (χ4v) is 1.51. The Morgan fingerprint density at radius 2 is 2.20 bits per heavy atom. The van der Waals surface area contributed by atoms with Gasteiger partial charge in [0.05, 0.1) is 0 Å². The predicted octanol–water partition coefficient (Wildman–Crippen LogP) is 1.53. The van der Waals surface area contributed by atoms with Crippen molar-refractivity contribution < 1.29 is 19.0 Å². The van der Waals surface area contributed by atoms with E-state index >= 15 is 0 Å². The van der Waals surface area contributed by atoms with Crippen molar-refractivity contribution in [2.45, 2.75) is 39.1 Å². The molecule has 1 aliphatic rings.